The fourth-order valence-electron chi connectivity index (χ4n) is 2.36. The molecule has 0 unspecified atom stereocenters. The Labute approximate surface area is 170 Å². The fourth-order valence-corrected chi connectivity index (χ4v) is 3.98. The van der Waals surface area contributed by atoms with E-state index in [4.69, 9.17) is 4.74 Å². The Hall–Kier alpha value is -2.85. The highest BCUT2D eigenvalue weighted by atomic mass is 79.9. The van der Waals surface area contributed by atoms with E-state index in [0.29, 0.717) is 16.0 Å². The molecule has 3 aromatic rings. The predicted octanol–water partition coefficient (Wildman–Crippen LogP) is 3.56. The van der Waals surface area contributed by atoms with Crippen molar-refractivity contribution in [3.8, 4) is 11.5 Å². The Balaban J connectivity index is 1.82. The van der Waals surface area contributed by atoms with Crippen molar-refractivity contribution >= 4 is 37.7 Å². The molecule has 1 aromatic heterocycles. The first-order chi connectivity index (χ1) is 13.3. The number of para-hydroxylation sites is 1. The molecule has 0 amide bonds. The van der Waals surface area contributed by atoms with Crippen LogP contribution in [0, 0.1) is 0 Å². The van der Waals surface area contributed by atoms with Crippen LogP contribution in [0.15, 0.2) is 64.0 Å². The van der Waals surface area contributed by atoms with Gasteiger partial charge in [-0.05, 0) is 46.3 Å². The van der Waals surface area contributed by atoms with Crippen molar-refractivity contribution in [2.45, 2.75) is 4.90 Å². The summed E-state index contributed by atoms with van der Waals surface area (Å²) in [6.07, 6.45) is 0. The molecule has 8 nitrogen and oxygen atoms in total. The van der Waals surface area contributed by atoms with Crippen molar-refractivity contribution in [2.75, 3.05) is 11.8 Å². The number of ether oxygens (including phenoxy) is 2. The lowest BCUT2D eigenvalue weighted by Crippen LogP contribution is -2.13. The first kappa shape index (κ1) is 19.9. The van der Waals surface area contributed by atoms with E-state index in [9.17, 15) is 13.2 Å². The molecule has 0 saturated heterocycles. The number of benzene rings is 2. The van der Waals surface area contributed by atoms with Gasteiger partial charge in [0.05, 0.1) is 16.5 Å². The van der Waals surface area contributed by atoms with Crippen LogP contribution in [0.1, 0.15) is 10.5 Å². The molecule has 0 saturated carbocycles. The Kier molecular flexibility index (Phi) is 5.71. The van der Waals surface area contributed by atoms with Crippen LogP contribution in [0.5, 0.6) is 11.5 Å². The van der Waals surface area contributed by atoms with Gasteiger partial charge in [0.2, 0.25) is 0 Å². The van der Waals surface area contributed by atoms with Crippen molar-refractivity contribution in [1.29, 1.82) is 0 Å². The second-order valence-electron chi connectivity index (χ2n) is 5.64. The molecule has 1 N–H and O–H groups in total. The average Bonchev–Trinajstić information content (AvgIpc) is 3.03. The third-order valence-electron chi connectivity index (χ3n) is 3.70. The second kappa shape index (κ2) is 8.03. The van der Waals surface area contributed by atoms with Crippen molar-refractivity contribution in [3.05, 3.63) is 64.8 Å². The summed E-state index contributed by atoms with van der Waals surface area (Å²) in [6.45, 7) is 0. The molecule has 3 rings (SSSR count). The summed E-state index contributed by atoms with van der Waals surface area (Å²) in [7, 11) is -1.18. The van der Waals surface area contributed by atoms with Crippen LogP contribution in [0.2, 0.25) is 0 Å². The molecule has 28 heavy (non-hydrogen) atoms. The van der Waals surface area contributed by atoms with Gasteiger partial charge in [-0.2, -0.15) is 5.10 Å². The van der Waals surface area contributed by atoms with Crippen LogP contribution in [0.25, 0.3) is 0 Å². The van der Waals surface area contributed by atoms with Gasteiger partial charge in [0, 0.05) is 13.1 Å². The zero-order valence-electron chi connectivity index (χ0n) is 14.9. The number of sulfonamides is 1. The third-order valence-corrected chi connectivity index (χ3v) is 5.67. The van der Waals surface area contributed by atoms with E-state index in [1.165, 1.54) is 37.0 Å². The van der Waals surface area contributed by atoms with Crippen LogP contribution >= 0.6 is 15.9 Å². The molecule has 146 valence electrons. The van der Waals surface area contributed by atoms with Crippen molar-refractivity contribution in [3.63, 3.8) is 0 Å². The van der Waals surface area contributed by atoms with Gasteiger partial charge in [-0.25, -0.2) is 13.2 Å². The third kappa shape index (κ3) is 4.34. The number of methoxy groups -OCH3 is 1. The number of rotatable bonds is 6. The van der Waals surface area contributed by atoms with Gasteiger partial charge in [0.25, 0.3) is 10.0 Å². The molecule has 0 spiro atoms. The summed E-state index contributed by atoms with van der Waals surface area (Å²) in [5, 5.41) is 3.98. The molecule has 0 aliphatic heterocycles. The maximum absolute atomic E-state index is 12.6. The molecule has 0 fully saturated rings. The maximum atomic E-state index is 12.6. The lowest BCUT2D eigenvalue weighted by Gasteiger charge is -2.10. The minimum absolute atomic E-state index is 0.00337. The Morgan fingerprint density at radius 2 is 1.86 bits per heavy atom. The first-order valence-electron chi connectivity index (χ1n) is 7.98. The number of nitrogens with one attached hydrogen (secondary N) is 1. The highest BCUT2D eigenvalue weighted by molar-refractivity contribution is 9.10. The molecule has 0 atom stereocenters. The van der Waals surface area contributed by atoms with E-state index in [1.54, 1.807) is 18.2 Å². The molecule has 1 heterocycles. The molecule has 0 aliphatic carbocycles. The molecule has 0 bridgehead atoms. The second-order valence-corrected chi connectivity index (χ2v) is 8.18. The van der Waals surface area contributed by atoms with Crippen molar-refractivity contribution in [2.24, 2.45) is 7.05 Å². The van der Waals surface area contributed by atoms with Gasteiger partial charge in [0.1, 0.15) is 17.2 Å². The molecule has 0 aliphatic rings. The number of carbonyl (C=O) groups excluding carboxylic acids is 1. The highest BCUT2D eigenvalue weighted by Gasteiger charge is 2.20. The predicted molar refractivity (Wildman–Crippen MR) is 106 cm³/mol. The standard InChI is InChI=1S/C18H16BrN3O5S/c1-22-15(18(23)26-2)11-17(20-22)21-28(24,25)13-8-9-16(14(19)10-13)27-12-6-4-3-5-7-12/h3-11H,1-2H3,(H,20,21). The Morgan fingerprint density at radius 3 is 2.50 bits per heavy atom. The topological polar surface area (TPSA) is 99.5 Å². The first-order valence-corrected chi connectivity index (χ1v) is 10.3. The number of esters is 1. The molecule has 0 radical (unpaired) electrons. The maximum Gasteiger partial charge on any atom is 0.356 e. The lowest BCUT2D eigenvalue weighted by atomic mass is 10.3. The largest absolute Gasteiger partial charge is 0.464 e. The van der Waals surface area contributed by atoms with E-state index in [1.807, 2.05) is 18.2 Å². The SMILES string of the molecule is COC(=O)c1cc(NS(=O)(=O)c2ccc(Oc3ccccc3)c(Br)c2)nn1C. The van der Waals surface area contributed by atoms with Gasteiger partial charge < -0.3 is 9.47 Å². The van der Waals surface area contributed by atoms with Crippen LogP contribution < -0.4 is 9.46 Å². The minimum Gasteiger partial charge on any atom is -0.464 e. The number of halogens is 1. The summed E-state index contributed by atoms with van der Waals surface area (Å²) in [4.78, 5) is 11.6. The monoisotopic (exact) mass is 465 g/mol. The highest BCUT2D eigenvalue weighted by Crippen LogP contribution is 2.32. The van der Waals surface area contributed by atoms with Gasteiger partial charge >= 0.3 is 5.97 Å². The molecule has 2 aromatic carbocycles. The van der Waals surface area contributed by atoms with Gasteiger partial charge in [0.15, 0.2) is 5.82 Å². The van der Waals surface area contributed by atoms with Crippen LogP contribution in [0.4, 0.5) is 5.82 Å². The summed E-state index contributed by atoms with van der Waals surface area (Å²) in [5.41, 5.74) is 0.119. The average molecular weight is 466 g/mol. The Bertz CT molecular complexity index is 1110. The van der Waals surface area contributed by atoms with Crippen LogP contribution in [0.3, 0.4) is 0 Å². The number of nitrogens with zero attached hydrogens (tertiary/aromatic N) is 2. The normalized spacial score (nSPS) is 11.1. The number of hydrogen-bond acceptors (Lipinski definition) is 6. The van der Waals surface area contributed by atoms with Crippen molar-refractivity contribution < 1.29 is 22.7 Å². The number of anilines is 1. The zero-order chi connectivity index (χ0) is 20.3. The van der Waals surface area contributed by atoms with E-state index >= 15 is 0 Å². The molecular weight excluding hydrogens is 450 g/mol. The summed E-state index contributed by atoms with van der Waals surface area (Å²) in [6, 6.07) is 14.8. The van der Waals surface area contributed by atoms with Crippen LogP contribution in [-0.2, 0) is 21.8 Å². The number of hydrogen-bond donors (Lipinski definition) is 1. The smallest absolute Gasteiger partial charge is 0.356 e. The van der Waals surface area contributed by atoms with Crippen LogP contribution in [-0.4, -0.2) is 31.3 Å². The van der Waals surface area contributed by atoms with Gasteiger partial charge in [-0.1, -0.05) is 18.2 Å². The molecular formula is C18H16BrN3O5S. The Morgan fingerprint density at radius 1 is 1.14 bits per heavy atom. The summed E-state index contributed by atoms with van der Waals surface area (Å²) in [5.74, 6) is 0.478. The minimum atomic E-state index is -3.92. The zero-order valence-corrected chi connectivity index (χ0v) is 17.3. The number of carbonyl (C=O) groups is 1. The molecule has 10 heteroatoms. The van der Waals surface area contributed by atoms with E-state index in [-0.39, 0.29) is 16.4 Å². The van der Waals surface area contributed by atoms with Gasteiger partial charge in [-0.3, -0.25) is 9.40 Å². The fraction of sp³-hybridized carbons (Fsp3) is 0.111. The van der Waals surface area contributed by atoms with E-state index in [0.717, 1.165) is 0 Å². The lowest BCUT2D eigenvalue weighted by molar-refractivity contribution is 0.0588. The van der Waals surface area contributed by atoms with E-state index in [2.05, 4.69) is 30.5 Å². The summed E-state index contributed by atoms with van der Waals surface area (Å²) >= 11 is 3.33. The quantitative estimate of drug-likeness (QED) is 0.558. The van der Waals surface area contributed by atoms with Crippen molar-refractivity contribution in [1.82, 2.24) is 9.78 Å². The summed E-state index contributed by atoms with van der Waals surface area (Å²) < 4.78 is 39.7. The number of aryl methyl sites for hydroxylation is 1. The van der Waals surface area contributed by atoms with E-state index < -0.39 is 16.0 Å². The van der Waals surface area contributed by atoms with Gasteiger partial charge in [-0.15, -0.1) is 0 Å². The number of aromatic nitrogens is 2.